The lowest BCUT2D eigenvalue weighted by atomic mass is 9.77. The molecule has 0 saturated carbocycles. The van der Waals surface area contributed by atoms with Crippen LogP contribution in [0.1, 0.15) is 88.8 Å². The normalized spacial score (nSPS) is 10.5. The van der Waals surface area contributed by atoms with Crippen molar-refractivity contribution >= 4 is 0 Å². The van der Waals surface area contributed by atoms with Crippen LogP contribution in [0.5, 0.6) is 34.5 Å². The van der Waals surface area contributed by atoms with Crippen LogP contribution >= 0.6 is 0 Å². The lowest BCUT2D eigenvalue weighted by Crippen LogP contribution is -2.19. The summed E-state index contributed by atoms with van der Waals surface area (Å²) >= 11 is 0. The smallest absolute Gasteiger partial charge is 0.118 e. The molecular formula is C48H58O6. The summed E-state index contributed by atoms with van der Waals surface area (Å²) in [6.45, 7) is 20.3. The zero-order chi connectivity index (χ0) is 40.6. The Bertz CT molecular complexity index is 1850. The van der Waals surface area contributed by atoms with Crippen molar-refractivity contribution in [3.05, 3.63) is 167 Å². The van der Waals surface area contributed by atoms with Gasteiger partial charge in [-0.1, -0.05) is 128 Å². The van der Waals surface area contributed by atoms with Crippen molar-refractivity contribution in [1.29, 1.82) is 0 Å². The van der Waals surface area contributed by atoms with Crippen molar-refractivity contribution in [3.63, 3.8) is 0 Å². The van der Waals surface area contributed by atoms with E-state index in [1.165, 1.54) is 0 Å². The molecule has 0 radical (unpaired) electrons. The molecule has 6 aromatic carbocycles. The highest BCUT2D eigenvalue weighted by Gasteiger charge is 2.24. The first-order valence-electron chi connectivity index (χ1n) is 18.4. The molecule has 0 unspecified atom stereocenters. The molecule has 0 aliphatic rings. The summed E-state index contributed by atoms with van der Waals surface area (Å²) < 4.78 is 0. The van der Waals surface area contributed by atoms with Gasteiger partial charge in [0.1, 0.15) is 34.5 Å². The standard InChI is InChI=1S/C17H20O2.C15H16O2.C12H10O2.2C2H6/c1-11-9-13(5-7-15(11)18)17(3,4)14-6-8-16(19)12(2)10-14;1-15(2,11-3-7-13(16)8-4-11)12-5-9-14(17)10-6-12;13-11-5-1-9(2-6-11)10-3-7-12(14)8-4-10;2*1-2/h5-10,18-19H,1-4H3;3-10,16-17H,1-2H3;1-8,13-14H;2*1-2H3. The zero-order valence-corrected chi connectivity index (χ0v) is 33.4. The zero-order valence-electron chi connectivity index (χ0n) is 33.4. The number of aromatic hydroxyl groups is 6. The maximum Gasteiger partial charge on any atom is 0.118 e. The molecule has 6 rings (SSSR count). The van der Waals surface area contributed by atoms with Crippen molar-refractivity contribution in [2.75, 3.05) is 0 Å². The summed E-state index contributed by atoms with van der Waals surface area (Å²) in [7, 11) is 0. The van der Waals surface area contributed by atoms with E-state index in [9.17, 15) is 20.4 Å². The minimum atomic E-state index is -0.170. The van der Waals surface area contributed by atoms with E-state index in [1.807, 2.05) is 114 Å². The Balaban J connectivity index is 0.000000270. The van der Waals surface area contributed by atoms with Gasteiger partial charge in [-0.3, -0.25) is 0 Å². The molecule has 0 spiro atoms. The third kappa shape index (κ3) is 12.1. The van der Waals surface area contributed by atoms with Gasteiger partial charge in [0.2, 0.25) is 0 Å². The van der Waals surface area contributed by atoms with Crippen molar-refractivity contribution < 1.29 is 30.6 Å². The van der Waals surface area contributed by atoms with Gasteiger partial charge in [-0.05, 0) is 119 Å². The number of rotatable bonds is 5. The summed E-state index contributed by atoms with van der Waals surface area (Å²) in [5.74, 6) is 1.70. The van der Waals surface area contributed by atoms with Gasteiger partial charge in [0.05, 0.1) is 0 Å². The van der Waals surface area contributed by atoms with Crippen LogP contribution in [0, 0.1) is 13.8 Å². The quantitative estimate of drug-likeness (QED) is 0.105. The molecule has 0 bridgehead atoms. The molecule has 286 valence electrons. The van der Waals surface area contributed by atoms with Crippen LogP contribution in [0.2, 0.25) is 0 Å². The van der Waals surface area contributed by atoms with Crippen LogP contribution < -0.4 is 0 Å². The number of hydrogen-bond acceptors (Lipinski definition) is 6. The van der Waals surface area contributed by atoms with Gasteiger partial charge in [0.25, 0.3) is 0 Å². The summed E-state index contributed by atoms with van der Waals surface area (Å²) in [6, 6.07) is 39.7. The summed E-state index contributed by atoms with van der Waals surface area (Å²) in [4.78, 5) is 0. The maximum absolute atomic E-state index is 9.63. The molecule has 6 heteroatoms. The highest BCUT2D eigenvalue weighted by atomic mass is 16.3. The Kier molecular flexibility index (Phi) is 16.7. The van der Waals surface area contributed by atoms with Gasteiger partial charge >= 0.3 is 0 Å². The second kappa shape index (κ2) is 20.4. The van der Waals surface area contributed by atoms with E-state index in [1.54, 1.807) is 60.7 Å². The van der Waals surface area contributed by atoms with Gasteiger partial charge in [0.15, 0.2) is 0 Å². The molecular weight excluding hydrogens is 673 g/mol. The van der Waals surface area contributed by atoms with Crippen LogP contribution in [0.4, 0.5) is 0 Å². The first-order chi connectivity index (χ1) is 25.6. The Hall–Kier alpha value is -5.88. The predicted molar refractivity (Wildman–Crippen MR) is 224 cm³/mol. The number of hydrogen-bond donors (Lipinski definition) is 6. The van der Waals surface area contributed by atoms with Crippen molar-refractivity contribution in [2.24, 2.45) is 0 Å². The van der Waals surface area contributed by atoms with Gasteiger partial charge in [-0.2, -0.15) is 0 Å². The van der Waals surface area contributed by atoms with Gasteiger partial charge < -0.3 is 30.6 Å². The fourth-order valence-corrected chi connectivity index (χ4v) is 5.49. The highest BCUT2D eigenvalue weighted by molar-refractivity contribution is 5.64. The van der Waals surface area contributed by atoms with Crippen molar-refractivity contribution in [1.82, 2.24) is 0 Å². The van der Waals surface area contributed by atoms with Crippen molar-refractivity contribution in [3.8, 4) is 45.6 Å². The lowest BCUT2D eigenvalue weighted by molar-refractivity contribution is 0.469. The Morgan fingerprint density at radius 2 is 0.537 bits per heavy atom. The molecule has 0 aromatic heterocycles. The Morgan fingerprint density at radius 1 is 0.315 bits per heavy atom. The van der Waals surface area contributed by atoms with E-state index in [0.29, 0.717) is 11.5 Å². The fourth-order valence-electron chi connectivity index (χ4n) is 5.49. The highest BCUT2D eigenvalue weighted by Crippen LogP contribution is 2.36. The monoisotopic (exact) mass is 730 g/mol. The van der Waals surface area contributed by atoms with E-state index < -0.39 is 0 Å². The number of phenolic OH excluding ortho intramolecular Hbond substituents is 6. The molecule has 0 fully saturated rings. The average molecular weight is 731 g/mol. The third-order valence-corrected chi connectivity index (χ3v) is 9.08. The van der Waals surface area contributed by atoms with E-state index in [0.717, 1.165) is 44.5 Å². The lowest BCUT2D eigenvalue weighted by Gasteiger charge is -2.27. The van der Waals surface area contributed by atoms with Gasteiger partial charge in [-0.25, -0.2) is 0 Å². The van der Waals surface area contributed by atoms with Crippen LogP contribution in [0.3, 0.4) is 0 Å². The molecule has 54 heavy (non-hydrogen) atoms. The van der Waals surface area contributed by atoms with Crippen LogP contribution in [-0.2, 0) is 10.8 Å². The summed E-state index contributed by atoms with van der Waals surface area (Å²) in [6.07, 6.45) is 0. The van der Waals surface area contributed by atoms with Crippen molar-refractivity contribution in [2.45, 2.75) is 80.1 Å². The van der Waals surface area contributed by atoms with Crippen LogP contribution in [0.25, 0.3) is 11.1 Å². The fraction of sp³-hybridized carbons (Fsp3) is 0.250. The minimum Gasteiger partial charge on any atom is -0.508 e. The molecule has 0 aliphatic carbocycles. The molecule has 0 amide bonds. The Morgan fingerprint density at radius 3 is 0.796 bits per heavy atom. The molecule has 0 atom stereocenters. The molecule has 6 aromatic rings. The maximum atomic E-state index is 9.63. The second-order valence-corrected chi connectivity index (χ2v) is 13.4. The third-order valence-electron chi connectivity index (χ3n) is 9.08. The number of aryl methyl sites for hydroxylation is 2. The molecule has 6 N–H and O–H groups in total. The van der Waals surface area contributed by atoms with Gasteiger partial charge in [-0.15, -0.1) is 0 Å². The van der Waals surface area contributed by atoms with Crippen LogP contribution in [0.15, 0.2) is 133 Å². The molecule has 6 nitrogen and oxygen atoms in total. The predicted octanol–water partition coefficient (Wildman–Crippen LogP) is 12.3. The topological polar surface area (TPSA) is 121 Å². The van der Waals surface area contributed by atoms with E-state index in [4.69, 9.17) is 10.2 Å². The number of benzene rings is 6. The summed E-state index contributed by atoms with van der Waals surface area (Å²) in [5, 5.41) is 56.1. The SMILES string of the molecule is CC.CC.CC(C)(c1ccc(O)cc1)c1ccc(O)cc1.Cc1cc(C(C)(C)c2ccc(O)c(C)c2)ccc1O.Oc1ccc(-c2ccc(O)cc2)cc1. The molecule has 0 heterocycles. The van der Waals surface area contributed by atoms with E-state index in [2.05, 4.69) is 27.7 Å². The first-order valence-corrected chi connectivity index (χ1v) is 18.4. The summed E-state index contributed by atoms with van der Waals surface area (Å²) in [5.41, 5.74) is 8.01. The molecule has 0 saturated heterocycles. The Labute approximate surface area is 322 Å². The first kappa shape index (κ1) is 44.3. The average Bonchev–Trinajstić information content (AvgIpc) is 3.17. The van der Waals surface area contributed by atoms with E-state index in [-0.39, 0.29) is 33.8 Å². The number of phenols is 6. The van der Waals surface area contributed by atoms with Crippen LogP contribution in [-0.4, -0.2) is 30.6 Å². The largest absolute Gasteiger partial charge is 0.508 e. The molecule has 0 aliphatic heterocycles. The van der Waals surface area contributed by atoms with E-state index >= 15 is 0 Å². The second-order valence-electron chi connectivity index (χ2n) is 13.4. The minimum absolute atomic E-state index is 0.151. The van der Waals surface area contributed by atoms with Gasteiger partial charge in [0, 0.05) is 10.8 Å².